The van der Waals surface area contributed by atoms with Crippen LogP contribution in [0.2, 0.25) is 0 Å². The average Bonchev–Trinajstić information content (AvgIpc) is 2.55. The molecule has 0 heterocycles. The number of ether oxygens (including phenoxy) is 4. The Labute approximate surface area is 139 Å². The third-order valence-corrected chi connectivity index (χ3v) is 3.47. The zero-order chi connectivity index (χ0) is 16.9. The van der Waals surface area contributed by atoms with Gasteiger partial charge in [0.1, 0.15) is 12.9 Å². The molecule has 0 aliphatic rings. The minimum atomic E-state index is -0.804. The lowest BCUT2D eigenvalue weighted by Crippen LogP contribution is -2.09. The third-order valence-electron chi connectivity index (χ3n) is 2.41. The molecule has 0 radical (unpaired) electrons. The zero-order valence-corrected chi connectivity index (χ0v) is 14.0. The molecular weight excluding hydrogens is 320 g/mol. The van der Waals surface area contributed by atoms with E-state index in [0.717, 1.165) is 5.56 Å². The van der Waals surface area contributed by atoms with Crippen molar-refractivity contribution in [3.63, 3.8) is 0 Å². The Balaban J connectivity index is 2.57. The minimum Gasteiger partial charge on any atom is -0.435 e. The van der Waals surface area contributed by atoms with Crippen molar-refractivity contribution >= 4 is 24.1 Å². The molecule has 0 saturated carbocycles. The van der Waals surface area contributed by atoms with Crippen molar-refractivity contribution in [2.45, 2.75) is 19.6 Å². The molecule has 0 amide bonds. The molecule has 1 rings (SSSR count). The van der Waals surface area contributed by atoms with Crippen LogP contribution in [0.25, 0.3) is 0 Å². The maximum atomic E-state index is 11.2. The predicted molar refractivity (Wildman–Crippen MR) is 86.9 cm³/mol. The maximum Gasteiger partial charge on any atom is 0.513 e. The molecule has 1 aromatic carbocycles. The van der Waals surface area contributed by atoms with Crippen molar-refractivity contribution in [2.24, 2.45) is 0 Å². The van der Waals surface area contributed by atoms with E-state index in [1.807, 2.05) is 30.3 Å². The molecule has 126 valence electrons. The molecule has 0 bridgehead atoms. The van der Waals surface area contributed by atoms with Crippen molar-refractivity contribution in [3.05, 3.63) is 47.1 Å². The third kappa shape index (κ3) is 8.77. The summed E-state index contributed by atoms with van der Waals surface area (Å²) >= 11 is 1.39. The Morgan fingerprint density at radius 1 is 1.00 bits per heavy atom. The average molecular weight is 340 g/mol. The summed E-state index contributed by atoms with van der Waals surface area (Å²) in [6, 6.07) is 9.75. The first-order valence-electron chi connectivity index (χ1n) is 7.14. The molecule has 0 aliphatic heterocycles. The molecule has 1 aromatic rings. The van der Waals surface area contributed by atoms with E-state index >= 15 is 0 Å². The van der Waals surface area contributed by atoms with Gasteiger partial charge in [-0.1, -0.05) is 30.3 Å². The summed E-state index contributed by atoms with van der Waals surface area (Å²) in [5, 5.41) is 0. The smallest absolute Gasteiger partial charge is 0.435 e. The van der Waals surface area contributed by atoms with Gasteiger partial charge in [-0.3, -0.25) is 0 Å². The maximum absolute atomic E-state index is 11.2. The fraction of sp³-hybridized carbons (Fsp3) is 0.375. The number of carbonyl (C=O) groups excluding carboxylic acids is 2. The van der Waals surface area contributed by atoms with E-state index in [1.165, 1.54) is 18.0 Å². The molecule has 0 atom stereocenters. The van der Waals surface area contributed by atoms with Crippen molar-refractivity contribution in [1.82, 2.24) is 0 Å². The lowest BCUT2D eigenvalue weighted by atomic mass is 10.2. The standard InChI is InChI=1S/C16H20O6S/c1-3-19-15(17)21-10-14(11-22-16(18)20-4-2)23-12-13-8-6-5-7-9-13/h5-10H,3-4,11-12H2,1-2H3. The molecule has 0 unspecified atom stereocenters. The first-order chi connectivity index (χ1) is 11.2. The van der Waals surface area contributed by atoms with Crippen LogP contribution in [0.15, 0.2) is 41.5 Å². The Bertz CT molecular complexity index is 515. The molecule has 0 saturated heterocycles. The zero-order valence-electron chi connectivity index (χ0n) is 13.2. The first-order valence-corrected chi connectivity index (χ1v) is 8.13. The van der Waals surface area contributed by atoms with Gasteiger partial charge in [0.05, 0.1) is 18.1 Å². The largest absolute Gasteiger partial charge is 0.513 e. The summed E-state index contributed by atoms with van der Waals surface area (Å²) in [6.07, 6.45) is -0.346. The van der Waals surface area contributed by atoms with E-state index in [0.29, 0.717) is 10.7 Å². The normalized spacial score (nSPS) is 10.8. The van der Waals surface area contributed by atoms with Gasteiger partial charge in [0.25, 0.3) is 0 Å². The Hall–Kier alpha value is -2.15. The predicted octanol–water partition coefficient (Wildman–Crippen LogP) is 4.11. The Morgan fingerprint density at radius 2 is 1.65 bits per heavy atom. The summed E-state index contributed by atoms with van der Waals surface area (Å²) < 4.78 is 19.2. The van der Waals surface area contributed by atoms with Gasteiger partial charge in [-0.25, -0.2) is 9.59 Å². The van der Waals surface area contributed by atoms with Crippen molar-refractivity contribution in [1.29, 1.82) is 0 Å². The van der Waals surface area contributed by atoms with Crippen LogP contribution < -0.4 is 0 Å². The van der Waals surface area contributed by atoms with Crippen LogP contribution in [0.3, 0.4) is 0 Å². The Morgan fingerprint density at radius 3 is 2.30 bits per heavy atom. The number of benzene rings is 1. The number of rotatable bonds is 8. The number of hydrogen-bond donors (Lipinski definition) is 0. The van der Waals surface area contributed by atoms with Crippen molar-refractivity contribution < 1.29 is 28.5 Å². The second-order valence-electron chi connectivity index (χ2n) is 4.13. The molecule has 6 nitrogen and oxygen atoms in total. The van der Waals surface area contributed by atoms with E-state index < -0.39 is 12.3 Å². The van der Waals surface area contributed by atoms with E-state index in [4.69, 9.17) is 9.47 Å². The van der Waals surface area contributed by atoms with E-state index in [-0.39, 0.29) is 19.8 Å². The fourth-order valence-electron chi connectivity index (χ4n) is 1.42. The molecule has 23 heavy (non-hydrogen) atoms. The highest BCUT2D eigenvalue weighted by Gasteiger charge is 2.09. The molecular formula is C16H20O6S. The van der Waals surface area contributed by atoms with Crippen LogP contribution in [-0.2, 0) is 24.7 Å². The monoisotopic (exact) mass is 340 g/mol. The molecule has 0 aliphatic carbocycles. The van der Waals surface area contributed by atoms with Crippen LogP contribution in [-0.4, -0.2) is 32.1 Å². The van der Waals surface area contributed by atoms with Gasteiger partial charge < -0.3 is 18.9 Å². The topological polar surface area (TPSA) is 71.1 Å². The van der Waals surface area contributed by atoms with E-state index in [9.17, 15) is 9.59 Å². The number of thioether (sulfide) groups is 1. The van der Waals surface area contributed by atoms with Crippen molar-refractivity contribution in [3.8, 4) is 0 Å². The fourth-order valence-corrected chi connectivity index (χ4v) is 2.22. The number of hydrogen-bond acceptors (Lipinski definition) is 7. The van der Waals surface area contributed by atoms with Gasteiger partial charge in [0.15, 0.2) is 0 Å². The van der Waals surface area contributed by atoms with Crippen LogP contribution in [0.4, 0.5) is 9.59 Å². The van der Waals surface area contributed by atoms with Gasteiger partial charge in [-0.2, -0.15) is 0 Å². The molecule has 0 spiro atoms. The lowest BCUT2D eigenvalue weighted by Gasteiger charge is -2.09. The Kier molecular flexibility index (Phi) is 9.38. The van der Waals surface area contributed by atoms with E-state index in [2.05, 4.69) is 9.47 Å². The van der Waals surface area contributed by atoms with E-state index in [1.54, 1.807) is 13.8 Å². The lowest BCUT2D eigenvalue weighted by molar-refractivity contribution is 0.0659. The van der Waals surface area contributed by atoms with Crippen molar-refractivity contribution in [2.75, 3.05) is 19.8 Å². The highest BCUT2D eigenvalue weighted by atomic mass is 32.2. The van der Waals surface area contributed by atoms with Crippen LogP contribution in [0, 0.1) is 0 Å². The molecule has 0 aromatic heterocycles. The summed E-state index contributed by atoms with van der Waals surface area (Å²) in [5.41, 5.74) is 1.09. The highest BCUT2D eigenvalue weighted by molar-refractivity contribution is 8.02. The summed E-state index contributed by atoms with van der Waals surface area (Å²) in [6.45, 7) is 3.77. The van der Waals surface area contributed by atoms with Gasteiger partial charge in [-0.15, -0.1) is 11.8 Å². The SMILES string of the molecule is CCOC(=O)OC=C(COC(=O)OCC)SCc1ccccc1. The minimum absolute atomic E-state index is 0.0459. The summed E-state index contributed by atoms with van der Waals surface area (Å²) in [4.78, 5) is 23.0. The van der Waals surface area contributed by atoms with Gasteiger partial charge >= 0.3 is 12.3 Å². The summed E-state index contributed by atoms with van der Waals surface area (Å²) in [7, 11) is 0. The second kappa shape index (κ2) is 11.4. The first kappa shape index (κ1) is 18.9. The molecule has 7 heteroatoms. The summed E-state index contributed by atoms with van der Waals surface area (Å²) in [5.74, 6) is 0.644. The van der Waals surface area contributed by atoms with Crippen LogP contribution >= 0.6 is 11.8 Å². The number of carbonyl (C=O) groups is 2. The molecule has 0 fully saturated rings. The van der Waals surface area contributed by atoms with Crippen LogP contribution in [0.1, 0.15) is 19.4 Å². The van der Waals surface area contributed by atoms with Gasteiger partial charge in [0.2, 0.25) is 0 Å². The highest BCUT2D eigenvalue weighted by Crippen LogP contribution is 2.22. The quantitative estimate of drug-likeness (QED) is 0.521. The van der Waals surface area contributed by atoms with Gasteiger partial charge in [-0.05, 0) is 19.4 Å². The van der Waals surface area contributed by atoms with Gasteiger partial charge in [0, 0.05) is 5.75 Å². The molecule has 0 N–H and O–H groups in total. The second-order valence-corrected chi connectivity index (χ2v) is 5.23. The van der Waals surface area contributed by atoms with Crippen LogP contribution in [0.5, 0.6) is 0 Å².